The number of fused-ring (bicyclic) bond motifs is 1. The third-order valence-electron chi connectivity index (χ3n) is 1.75. The third-order valence-corrected chi connectivity index (χ3v) is 3.51. The van der Waals surface area contributed by atoms with E-state index < -0.39 is 0 Å². The number of aldehydes is 1. The van der Waals surface area contributed by atoms with E-state index in [0.29, 0.717) is 12.0 Å². The molecule has 74 valence electrons. The van der Waals surface area contributed by atoms with Crippen molar-refractivity contribution in [2.75, 3.05) is 0 Å². The zero-order chi connectivity index (χ0) is 10.7. The number of carbonyl (C=O) groups is 1. The predicted octanol–water partition coefficient (Wildman–Crippen LogP) is 2.90. The van der Waals surface area contributed by atoms with Gasteiger partial charge < -0.3 is 0 Å². The second-order valence-electron chi connectivity index (χ2n) is 2.54. The Bertz CT molecular complexity index is 570. The van der Waals surface area contributed by atoms with Crippen molar-refractivity contribution in [3.05, 3.63) is 22.8 Å². The molecular weight excluding hydrogens is 343 g/mol. The summed E-state index contributed by atoms with van der Waals surface area (Å²) in [7, 11) is 1.41. The second kappa shape index (κ2) is 4.92. The van der Waals surface area contributed by atoms with Crippen molar-refractivity contribution in [3.63, 3.8) is 0 Å². The minimum atomic E-state index is 0.358. The first-order valence-corrected chi connectivity index (χ1v) is 8.07. The number of hydrogen-bond acceptors (Lipinski definition) is 5. The second-order valence-corrected chi connectivity index (χ2v) is 5.13. The van der Waals surface area contributed by atoms with Crippen molar-refractivity contribution in [3.8, 4) is 11.2 Å². The Balaban J connectivity index is 2.71. The molecule has 0 spiro atoms. The molecule has 0 N–H and O–H groups in total. The molecule has 0 unspecified atom stereocenters. The first-order chi connectivity index (χ1) is 7.36. The summed E-state index contributed by atoms with van der Waals surface area (Å²) in [4.78, 5) is 10.8. The van der Waals surface area contributed by atoms with Crippen LogP contribution in [-0.4, -0.2) is 16.5 Å². The van der Waals surface area contributed by atoms with Crippen LogP contribution in [0.1, 0.15) is 16.1 Å². The summed E-state index contributed by atoms with van der Waals surface area (Å²) in [6.45, 7) is 0. The summed E-state index contributed by atoms with van der Waals surface area (Å²) in [5, 5.41) is 13.1. The molecule has 0 aliphatic heterocycles. The molecule has 0 saturated carbocycles. The fourth-order valence-electron chi connectivity index (χ4n) is 1.17. The maximum Gasteiger partial charge on any atom is 0.171 e. The fraction of sp³-hybridized carbons (Fsp3) is 0. The first kappa shape index (κ1) is 10.9. The van der Waals surface area contributed by atoms with E-state index >= 15 is 0 Å². The molecule has 2 rings (SSSR count). The maximum absolute atomic E-state index is 10.8. The van der Waals surface area contributed by atoms with Crippen LogP contribution in [0.2, 0.25) is 0 Å². The van der Waals surface area contributed by atoms with E-state index in [1.807, 2.05) is 5.38 Å². The third kappa shape index (κ3) is 2.14. The Morgan fingerprint density at radius 1 is 1.60 bits per heavy atom. The molecule has 2 heterocycles. The number of carbonyl (C=O) groups excluding carboxylic acids is 1. The molecule has 0 aromatic carbocycles. The monoisotopic (exact) mass is 346 g/mol. The number of nitrogens with zero attached hydrogens (tertiary/aromatic N) is 2. The minimum Gasteiger partial charge on any atom is -0.296 e. The standard InChI is InChI=1S/C9H3IN2OS2/c10-15-2-1-6-5-14-8-3-11-12-7(4-13)9(6)8/h3-5H. The summed E-state index contributed by atoms with van der Waals surface area (Å²) < 4.78 is 0.940. The molecule has 0 aliphatic carbocycles. The van der Waals surface area contributed by atoms with E-state index in [1.165, 1.54) is 20.3 Å². The fourth-order valence-corrected chi connectivity index (χ4v) is 2.52. The van der Waals surface area contributed by atoms with Crippen LogP contribution < -0.4 is 0 Å². The van der Waals surface area contributed by atoms with Crippen molar-refractivity contribution in [2.24, 2.45) is 0 Å². The van der Waals surface area contributed by atoms with Crippen LogP contribution in [0.4, 0.5) is 0 Å². The number of rotatable bonds is 1. The molecule has 0 aliphatic rings. The Kier molecular flexibility index (Phi) is 3.56. The molecule has 2 aromatic rings. The van der Waals surface area contributed by atoms with Crippen LogP contribution >= 0.6 is 41.5 Å². The van der Waals surface area contributed by atoms with Gasteiger partial charge in [-0.1, -0.05) is 5.92 Å². The van der Waals surface area contributed by atoms with Gasteiger partial charge >= 0.3 is 0 Å². The summed E-state index contributed by atoms with van der Waals surface area (Å²) in [6, 6.07) is 0. The Hall–Kier alpha value is -0.650. The number of halogens is 1. The highest BCUT2D eigenvalue weighted by atomic mass is 127. The molecule has 0 radical (unpaired) electrons. The Morgan fingerprint density at radius 3 is 3.20 bits per heavy atom. The van der Waals surface area contributed by atoms with Crippen molar-refractivity contribution >= 4 is 57.8 Å². The van der Waals surface area contributed by atoms with E-state index in [1.54, 1.807) is 6.20 Å². The quantitative estimate of drug-likeness (QED) is 0.452. The highest BCUT2D eigenvalue weighted by Crippen LogP contribution is 2.26. The van der Waals surface area contributed by atoms with Crippen LogP contribution in [0.3, 0.4) is 0 Å². The van der Waals surface area contributed by atoms with E-state index in [-0.39, 0.29) is 0 Å². The lowest BCUT2D eigenvalue weighted by molar-refractivity contribution is 0.112. The molecule has 2 aromatic heterocycles. The summed E-state index contributed by atoms with van der Waals surface area (Å²) in [5.41, 5.74) is 1.20. The van der Waals surface area contributed by atoms with Crippen molar-refractivity contribution in [1.29, 1.82) is 0 Å². The first-order valence-electron chi connectivity index (χ1n) is 3.83. The lowest BCUT2D eigenvalue weighted by Crippen LogP contribution is -1.90. The predicted molar refractivity (Wildman–Crippen MR) is 71.3 cm³/mol. The van der Waals surface area contributed by atoms with Crippen LogP contribution in [0, 0.1) is 11.2 Å². The maximum atomic E-state index is 10.8. The zero-order valence-electron chi connectivity index (χ0n) is 7.23. The molecule has 0 fully saturated rings. The SMILES string of the molecule is O=Cc1nncc2scc(C#CSI)c12. The van der Waals surface area contributed by atoms with Gasteiger partial charge in [0, 0.05) is 37.5 Å². The molecule has 3 nitrogen and oxygen atoms in total. The Labute approximate surface area is 106 Å². The molecule has 0 amide bonds. The van der Waals surface area contributed by atoms with Gasteiger partial charge in [-0.05, 0) is 14.2 Å². The van der Waals surface area contributed by atoms with E-state index in [0.717, 1.165) is 15.6 Å². The van der Waals surface area contributed by atoms with Crippen LogP contribution in [0.5, 0.6) is 0 Å². The van der Waals surface area contributed by atoms with Gasteiger partial charge in [0.25, 0.3) is 0 Å². The molecule has 0 saturated heterocycles. The van der Waals surface area contributed by atoms with Crippen molar-refractivity contribution < 1.29 is 4.79 Å². The van der Waals surface area contributed by atoms with E-state index in [2.05, 4.69) is 42.6 Å². The topological polar surface area (TPSA) is 42.9 Å². The van der Waals surface area contributed by atoms with Gasteiger partial charge in [-0.2, -0.15) is 5.10 Å². The van der Waals surface area contributed by atoms with Gasteiger partial charge in [-0.3, -0.25) is 4.79 Å². The highest BCUT2D eigenvalue weighted by molar-refractivity contribution is 14.2. The minimum absolute atomic E-state index is 0.358. The molecule has 6 heteroatoms. The molecule has 15 heavy (non-hydrogen) atoms. The average molecular weight is 346 g/mol. The molecule has 0 bridgehead atoms. The number of hydrogen-bond donors (Lipinski definition) is 0. The van der Waals surface area contributed by atoms with E-state index in [4.69, 9.17) is 0 Å². The highest BCUT2D eigenvalue weighted by Gasteiger charge is 2.08. The van der Waals surface area contributed by atoms with Crippen molar-refractivity contribution in [2.45, 2.75) is 0 Å². The largest absolute Gasteiger partial charge is 0.296 e. The lowest BCUT2D eigenvalue weighted by Gasteiger charge is -1.92. The molecule has 0 atom stereocenters. The van der Waals surface area contributed by atoms with E-state index in [9.17, 15) is 4.79 Å². The van der Waals surface area contributed by atoms with Gasteiger partial charge in [-0.15, -0.1) is 16.4 Å². The van der Waals surface area contributed by atoms with Gasteiger partial charge in [0.1, 0.15) is 5.69 Å². The molecular formula is C9H3IN2OS2. The lowest BCUT2D eigenvalue weighted by atomic mass is 10.2. The zero-order valence-corrected chi connectivity index (χ0v) is 11.0. The Morgan fingerprint density at radius 2 is 2.47 bits per heavy atom. The van der Waals surface area contributed by atoms with Crippen molar-refractivity contribution in [1.82, 2.24) is 10.2 Å². The average Bonchev–Trinajstić information content (AvgIpc) is 2.69. The number of aromatic nitrogens is 2. The van der Waals surface area contributed by atoms with Gasteiger partial charge in [0.05, 0.1) is 10.9 Å². The van der Waals surface area contributed by atoms with Gasteiger partial charge in [0.2, 0.25) is 0 Å². The summed E-state index contributed by atoms with van der Waals surface area (Å²) >= 11 is 3.62. The summed E-state index contributed by atoms with van der Waals surface area (Å²) in [5.74, 6) is 2.98. The normalized spacial score (nSPS) is 9.67. The van der Waals surface area contributed by atoms with Crippen LogP contribution in [-0.2, 0) is 0 Å². The van der Waals surface area contributed by atoms with Gasteiger partial charge in [0.15, 0.2) is 6.29 Å². The smallest absolute Gasteiger partial charge is 0.171 e. The van der Waals surface area contributed by atoms with Gasteiger partial charge in [-0.25, -0.2) is 0 Å². The van der Waals surface area contributed by atoms with Crippen LogP contribution in [0.25, 0.3) is 10.1 Å². The summed E-state index contributed by atoms with van der Waals surface area (Å²) in [6.07, 6.45) is 2.36. The van der Waals surface area contributed by atoms with Crippen LogP contribution in [0.15, 0.2) is 11.6 Å². The number of thiophene rings is 1.